The zero-order valence-corrected chi connectivity index (χ0v) is 11.7. The first-order valence-electron chi connectivity index (χ1n) is 6.90. The van der Waals surface area contributed by atoms with Crippen LogP contribution in [0.15, 0.2) is 0 Å². The molecule has 0 heterocycles. The molecule has 1 rings (SSSR count). The molecule has 0 aromatic heterocycles. The summed E-state index contributed by atoms with van der Waals surface area (Å²) in [6, 6.07) is 1.26. The predicted octanol–water partition coefficient (Wildman–Crippen LogP) is 3.36. The second kappa shape index (κ2) is 6.02. The molecule has 1 aliphatic rings. The fourth-order valence-corrected chi connectivity index (χ4v) is 2.28. The first kappa shape index (κ1) is 14.0. The van der Waals surface area contributed by atoms with Gasteiger partial charge in [-0.2, -0.15) is 0 Å². The van der Waals surface area contributed by atoms with Crippen molar-refractivity contribution in [2.45, 2.75) is 78.5 Å². The first-order valence-corrected chi connectivity index (χ1v) is 6.90. The summed E-state index contributed by atoms with van der Waals surface area (Å²) >= 11 is 0. The van der Waals surface area contributed by atoms with E-state index in [-0.39, 0.29) is 0 Å². The highest BCUT2D eigenvalue weighted by Crippen LogP contribution is 2.43. The Morgan fingerprint density at radius 3 is 2.56 bits per heavy atom. The number of rotatable bonds is 7. The van der Waals surface area contributed by atoms with E-state index in [1.165, 1.54) is 25.7 Å². The van der Waals surface area contributed by atoms with Crippen molar-refractivity contribution in [3.63, 3.8) is 0 Å². The average molecular weight is 227 g/mol. The molecule has 16 heavy (non-hydrogen) atoms. The fourth-order valence-electron chi connectivity index (χ4n) is 2.28. The number of hydrogen-bond acceptors (Lipinski definition) is 2. The smallest absolute Gasteiger partial charge is 0.0655 e. The van der Waals surface area contributed by atoms with Gasteiger partial charge in [0.1, 0.15) is 0 Å². The minimum Gasteiger partial charge on any atom is -0.378 e. The zero-order valence-electron chi connectivity index (χ0n) is 11.7. The SMILES string of the molecule is CCCCOC1CC(NC(C)CC)C1(C)C. The summed E-state index contributed by atoms with van der Waals surface area (Å²) in [7, 11) is 0. The Labute approximate surface area is 101 Å². The monoisotopic (exact) mass is 227 g/mol. The molecular formula is C14H29NO. The summed E-state index contributed by atoms with van der Waals surface area (Å²) in [5.41, 5.74) is 0.303. The molecule has 1 saturated carbocycles. The van der Waals surface area contributed by atoms with Gasteiger partial charge in [-0.1, -0.05) is 34.1 Å². The Morgan fingerprint density at radius 1 is 1.38 bits per heavy atom. The van der Waals surface area contributed by atoms with Crippen LogP contribution < -0.4 is 5.32 Å². The Kier molecular flexibility index (Phi) is 5.26. The second-order valence-corrected chi connectivity index (χ2v) is 5.80. The van der Waals surface area contributed by atoms with Crippen molar-refractivity contribution in [1.29, 1.82) is 0 Å². The van der Waals surface area contributed by atoms with E-state index in [0.29, 0.717) is 23.6 Å². The quantitative estimate of drug-likeness (QED) is 0.673. The van der Waals surface area contributed by atoms with Gasteiger partial charge in [0, 0.05) is 24.1 Å². The number of nitrogens with one attached hydrogen (secondary N) is 1. The van der Waals surface area contributed by atoms with Crippen LogP contribution in [0.3, 0.4) is 0 Å². The second-order valence-electron chi connectivity index (χ2n) is 5.80. The Bertz CT molecular complexity index is 203. The number of ether oxygens (including phenoxy) is 1. The molecule has 1 N–H and O–H groups in total. The normalized spacial score (nSPS) is 29.8. The topological polar surface area (TPSA) is 21.3 Å². The van der Waals surface area contributed by atoms with Crippen LogP contribution in [0.5, 0.6) is 0 Å². The van der Waals surface area contributed by atoms with Crippen molar-refractivity contribution in [2.24, 2.45) is 5.41 Å². The molecule has 1 aliphatic carbocycles. The molecule has 3 unspecified atom stereocenters. The Morgan fingerprint density at radius 2 is 2.06 bits per heavy atom. The van der Waals surface area contributed by atoms with Gasteiger partial charge in [-0.05, 0) is 26.2 Å². The van der Waals surface area contributed by atoms with E-state index in [2.05, 4.69) is 39.9 Å². The highest BCUT2D eigenvalue weighted by molar-refractivity contribution is 5.03. The highest BCUT2D eigenvalue weighted by Gasteiger charge is 2.48. The molecule has 0 bridgehead atoms. The van der Waals surface area contributed by atoms with Crippen LogP contribution >= 0.6 is 0 Å². The molecule has 3 atom stereocenters. The lowest BCUT2D eigenvalue weighted by atomic mass is 9.64. The van der Waals surface area contributed by atoms with E-state index >= 15 is 0 Å². The summed E-state index contributed by atoms with van der Waals surface area (Å²) in [4.78, 5) is 0. The van der Waals surface area contributed by atoms with Gasteiger partial charge in [-0.3, -0.25) is 0 Å². The van der Waals surface area contributed by atoms with Crippen molar-refractivity contribution in [3.05, 3.63) is 0 Å². The first-order chi connectivity index (χ1) is 7.52. The molecule has 2 heteroatoms. The van der Waals surface area contributed by atoms with Gasteiger partial charge in [-0.15, -0.1) is 0 Å². The van der Waals surface area contributed by atoms with E-state index in [1.54, 1.807) is 0 Å². The highest BCUT2D eigenvalue weighted by atomic mass is 16.5. The molecule has 96 valence electrons. The molecule has 0 saturated heterocycles. The van der Waals surface area contributed by atoms with Crippen LogP contribution in [0, 0.1) is 5.41 Å². The maximum Gasteiger partial charge on any atom is 0.0655 e. The molecule has 0 aromatic carbocycles. The van der Waals surface area contributed by atoms with Gasteiger partial charge < -0.3 is 10.1 Å². The largest absolute Gasteiger partial charge is 0.378 e. The lowest BCUT2D eigenvalue weighted by molar-refractivity contribution is -0.120. The average Bonchev–Trinajstić information content (AvgIpc) is 2.26. The third-order valence-electron chi connectivity index (χ3n) is 4.09. The molecule has 0 radical (unpaired) electrons. The van der Waals surface area contributed by atoms with Crippen molar-refractivity contribution >= 4 is 0 Å². The standard InChI is InChI=1S/C14H29NO/c1-6-8-9-16-13-10-12(14(13,4)5)15-11(3)7-2/h11-13,15H,6-10H2,1-5H3. The van der Waals surface area contributed by atoms with Gasteiger partial charge in [0.05, 0.1) is 6.10 Å². The predicted molar refractivity (Wildman–Crippen MR) is 69.7 cm³/mol. The number of hydrogen-bond donors (Lipinski definition) is 1. The van der Waals surface area contributed by atoms with Crippen LogP contribution in [0.2, 0.25) is 0 Å². The van der Waals surface area contributed by atoms with Crippen molar-refractivity contribution < 1.29 is 4.74 Å². The maximum absolute atomic E-state index is 5.94. The van der Waals surface area contributed by atoms with Crippen LogP contribution in [-0.4, -0.2) is 24.8 Å². The van der Waals surface area contributed by atoms with Crippen molar-refractivity contribution in [2.75, 3.05) is 6.61 Å². The van der Waals surface area contributed by atoms with Crippen molar-refractivity contribution in [3.8, 4) is 0 Å². The van der Waals surface area contributed by atoms with Crippen LogP contribution in [0.25, 0.3) is 0 Å². The van der Waals surface area contributed by atoms with Gasteiger partial charge in [-0.25, -0.2) is 0 Å². The lowest BCUT2D eigenvalue weighted by Gasteiger charge is -2.52. The van der Waals surface area contributed by atoms with E-state index in [1.807, 2.05) is 0 Å². The van der Waals surface area contributed by atoms with Gasteiger partial charge in [0.25, 0.3) is 0 Å². The molecule has 0 aromatic rings. The van der Waals surface area contributed by atoms with Crippen LogP contribution in [0.1, 0.15) is 60.3 Å². The van der Waals surface area contributed by atoms with Gasteiger partial charge >= 0.3 is 0 Å². The van der Waals surface area contributed by atoms with Crippen LogP contribution in [0.4, 0.5) is 0 Å². The Hall–Kier alpha value is -0.0800. The molecule has 0 aliphatic heterocycles. The zero-order chi connectivity index (χ0) is 12.2. The molecular weight excluding hydrogens is 198 g/mol. The van der Waals surface area contributed by atoms with E-state index in [0.717, 1.165) is 6.61 Å². The van der Waals surface area contributed by atoms with Crippen molar-refractivity contribution in [1.82, 2.24) is 5.32 Å². The minimum atomic E-state index is 0.303. The lowest BCUT2D eigenvalue weighted by Crippen LogP contribution is -2.62. The third-order valence-corrected chi connectivity index (χ3v) is 4.09. The van der Waals surface area contributed by atoms with Gasteiger partial charge in [0.15, 0.2) is 0 Å². The van der Waals surface area contributed by atoms with E-state index in [9.17, 15) is 0 Å². The summed E-state index contributed by atoms with van der Waals surface area (Å²) in [6.45, 7) is 12.3. The minimum absolute atomic E-state index is 0.303. The summed E-state index contributed by atoms with van der Waals surface area (Å²) in [5.74, 6) is 0. The molecule has 0 amide bonds. The summed E-state index contributed by atoms with van der Waals surface area (Å²) in [5, 5.41) is 3.70. The molecule has 0 spiro atoms. The van der Waals surface area contributed by atoms with Crippen LogP contribution in [-0.2, 0) is 4.74 Å². The van der Waals surface area contributed by atoms with E-state index < -0.39 is 0 Å². The summed E-state index contributed by atoms with van der Waals surface area (Å²) < 4.78 is 5.94. The fraction of sp³-hybridized carbons (Fsp3) is 1.00. The van der Waals surface area contributed by atoms with Gasteiger partial charge in [0.2, 0.25) is 0 Å². The summed E-state index contributed by atoms with van der Waals surface area (Å²) in [6.07, 6.45) is 5.26. The maximum atomic E-state index is 5.94. The molecule has 2 nitrogen and oxygen atoms in total. The Balaban J connectivity index is 2.29. The number of unbranched alkanes of at least 4 members (excludes halogenated alkanes) is 1. The molecule has 1 fully saturated rings. The third kappa shape index (κ3) is 3.21. The van der Waals surface area contributed by atoms with E-state index in [4.69, 9.17) is 4.74 Å².